The third-order valence-corrected chi connectivity index (χ3v) is 6.17. The molecule has 0 saturated heterocycles. The number of benzene rings is 3. The van der Waals surface area contributed by atoms with Gasteiger partial charge in [0.1, 0.15) is 11.3 Å². The minimum absolute atomic E-state index is 0.0301. The molecule has 1 atom stereocenters. The van der Waals surface area contributed by atoms with Crippen molar-refractivity contribution >= 4 is 26.7 Å². The first kappa shape index (κ1) is 20.0. The van der Waals surface area contributed by atoms with Gasteiger partial charge in [-0.25, -0.2) is 13.4 Å². The predicted octanol–water partition coefficient (Wildman–Crippen LogP) is 4.37. The van der Waals surface area contributed by atoms with Gasteiger partial charge >= 0.3 is 0 Å². The molecule has 6 heteroatoms. The zero-order valence-corrected chi connectivity index (χ0v) is 17.3. The molecule has 1 unspecified atom stereocenters. The molecule has 5 nitrogen and oxygen atoms in total. The molecule has 0 bridgehead atoms. The molecule has 4 aromatic rings. The molecule has 0 fully saturated rings. The highest BCUT2D eigenvalue weighted by Gasteiger charge is 2.24. The van der Waals surface area contributed by atoms with Crippen LogP contribution < -0.4 is 0 Å². The molecule has 0 aliphatic rings. The summed E-state index contributed by atoms with van der Waals surface area (Å²) in [5.74, 6) is -0.0828. The smallest absolute Gasteiger partial charge is 0.202 e. The fraction of sp³-hybridized carbons (Fsp3) is 0.167. The van der Waals surface area contributed by atoms with Crippen LogP contribution in [0.25, 0.3) is 11.1 Å². The van der Waals surface area contributed by atoms with Crippen LogP contribution in [0.2, 0.25) is 0 Å². The van der Waals surface area contributed by atoms with Crippen molar-refractivity contribution < 1.29 is 17.6 Å². The summed E-state index contributed by atoms with van der Waals surface area (Å²) in [6, 6.07) is 23.7. The number of rotatable bonds is 7. The van der Waals surface area contributed by atoms with E-state index in [0.717, 1.165) is 16.6 Å². The Morgan fingerprint density at radius 2 is 1.60 bits per heavy atom. The molecule has 30 heavy (non-hydrogen) atoms. The van der Waals surface area contributed by atoms with Crippen molar-refractivity contribution in [2.75, 3.05) is 6.26 Å². The minimum Gasteiger partial charge on any atom is -0.440 e. The first-order valence-corrected chi connectivity index (χ1v) is 11.5. The maximum Gasteiger partial charge on any atom is 0.202 e. The summed E-state index contributed by atoms with van der Waals surface area (Å²) in [5, 5.41) is 0. The van der Waals surface area contributed by atoms with Crippen LogP contribution in [0.1, 0.15) is 22.9 Å². The molecular formula is C24H21NO4S. The number of ketones is 1. The highest BCUT2D eigenvalue weighted by Crippen LogP contribution is 2.26. The van der Waals surface area contributed by atoms with E-state index in [9.17, 15) is 13.2 Å². The van der Waals surface area contributed by atoms with Gasteiger partial charge in [0.2, 0.25) is 5.89 Å². The highest BCUT2D eigenvalue weighted by molar-refractivity contribution is 7.90. The van der Waals surface area contributed by atoms with Gasteiger partial charge in [0.05, 0.1) is 11.3 Å². The average Bonchev–Trinajstić information content (AvgIpc) is 3.14. The van der Waals surface area contributed by atoms with E-state index in [1.165, 1.54) is 6.26 Å². The van der Waals surface area contributed by atoms with Gasteiger partial charge in [-0.05, 0) is 41.8 Å². The monoisotopic (exact) mass is 419 g/mol. The van der Waals surface area contributed by atoms with Gasteiger partial charge in [0, 0.05) is 12.2 Å². The van der Waals surface area contributed by atoms with Crippen molar-refractivity contribution in [1.29, 1.82) is 0 Å². The van der Waals surface area contributed by atoms with Gasteiger partial charge in [0.15, 0.2) is 15.4 Å². The summed E-state index contributed by atoms with van der Waals surface area (Å²) in [6.07, 6.45) is 1.75. The molecule has 0 amide bonds. The Bertz CT molecular complexity index is 1240. The number of carbonyl (C=O) groups is 1. The molecule has 0 spiro atoms. The van der Waals surface area contributed by atoms with Crippen molar-refractivity contribution in [2.45, 2.75) is 23.7 Å². The number of oxazole rings is 1. The van der Waals surface area contributed by atoms with Crippen molar-refractivity contribution in [3.63, 3.8) is 0 Å². The van der Waals surface area contributed by atoms with E-state index in [1.807, 2.05) is 54.6 Å². The summed E-state index contributed by atoms with van der Waals surface area (Å²) in [4.78, 5) is 17.9. The van der Waals surface area contributed by atoms with E-state index in [2.05, 4.69) is 4.98 Å². The molecule has 0 N–H and O–H groups in total. The summed E-state index contributed by atoms with van der Waals surface area (Å²) >= 11 is 0. The van der Waals surface area contributed by atoms with E-state index in [1.54, 1.807) is 24.3 Å². The Morgan fingerprint density at radius 1 is 0.933 bits per heavy atom. The first-order valence-electron chi connectivity index (χ1n) is 9.61. The molecule has 4 rings (SSSR count). The van der Waals surface area contributed by atoms with E-state index >= 15 is 0 Å². The van der Waals surface area contributed by atoms with Crippen LogP contribution in [-0.4, -0.2) is 25.4 Å². The number of aromatic nitrogens is 1. The fourth-order valence-electron chi connectivity index (χ4n) is 3.48. The summed E-state index contributed by atoms with van der Waals surface area (Å²) < 4.78 is 29.3. The van der Waals surface area contributed by atoms with Gasteiger partial charge < -0.3 is 4.42 Å². The number of hydrogen-bond acceptors (Lipinski definition) is 5. The fourth-order valence-corrected chi connectivity index (χ4v) is 4.11. The van der Waals surface area contributed by atoms with E-state index in [-0.39, 0.29) is 17.1 Å². The number of Topliss-reactive ketones (excluding diaryl/α,β-unsaturated/α-hetero) is 1. The van der Waals surface area contributed by atoms with Crippen LogP contribution in [0.3, 0.4) is 0 Å². The molecule has 0 aliphatic heterocycles. The Hall–Kier alpha value is -3.25. The van der Waals surface area contributed by atoms with Crippen LogP contribution >= 0.6 is 0 Å². The second kappa shape index (κ2) is 8.24. The lowest BCUT2D eigenvalue weighted by Crippen LogP contribution is -2.18. The Morgan fingerprint density at radius 3 is 2.27 bits per heavy atom. The van der Waals surface area contributed by atoms with Crippen molar-refractivity contribution in [2.24, 2.45) is 0 Å². The maximum atomic E-state index is 13.3. The van der Waals surface area contributed by atoms with Gasteiger partial charge in [-0.2, -0.15) is 0 Å². The molecule has 1 heterocycles. The van der Waals surface area contributed by atoms with E-state index in [0.29, 0.717) is 17.9 Å². The number of nitrogens with zero attached hydrogens (tertiary/aromatic N) is 1. The molecular weight excluding hydrogens is 398 g/mol. The number of carbonyl (C=O) groups excluding carboxylic acids is 1. The van der Waals surface area contributed by atoms with Gasteiger partial charge in [-0.1, -0.05) is 54.6 Å². The Labute approximate surface area is 175 Å². The first-order chi connectivity index (χ1) is 14.4. The topological polar surface area (TPSA) is 77.2 Å². The molecule has 0 radical (unpaired) electrons. The van der Waals surface area contributed by atoms with Gasteiger partial charge in [-0.15, -0.1) is 0 Å². The normalized spacial score (nSPS) is 12.7. The van der Waals surface area contributed by atoms with Crippen molar-refractivity contribution in [3.8, 4) is 0 Å². The van der Waals surface area contributed by atoms with E-state index < -0.39 is 15.8 Å². The number of fused-ring (bicyclic) bond motifs is 1. The molecule has 1 aromatic heterocycles. The zero-order valence-electron chi connectivity index (χ0n) is 16.5. The average molecular weight is 420 g/mol. The van der Waals surface area contributed by atoms with Crippen LogP contribution in [-0.2, 0) is 27.5 Å². The summed E-state index contributed by atoms with van der Waals surface area (Å²) in [6.45, 7) is 0. The lowest BCUT2D eigenvalue weighted by atomic mass is 9.87. The van der Waals surface area contributed by atoms with Crippen molar-refractivity contribution in [1.82, 2.24) is 4.98 Å². The molecule has 152 valence electrons. The minimum atomic E-state index is -3.30. The standard InChI is InChI=1S/C24H21NO4S/c1-30(27,28)19-13-11-18(12-14-19)20(15-17-7-3-2-4-8-17)22(26)16-24-25-21-9-5-6-10-23(21)29-24/h2-14,20H,15-16H2,1H3. The summed E-state index contributed by atoms with van der Waals surface area (Å²) in [7, 11) is -3.30. The highest BCUT2D eigenvalue weighted by atomic mass is 32.2. The lowest BCUT2D eigenvalue weighted by molar-refractivity contribution is -0.120. The van der Waals surface area contributed by atoms with Crippen LogP contribution in [0.4, 0.5) is 0 Å². The van der Waals surface area contributed by atoms with Crippen LogP contribution in [0.5, 0.6) is 0 Å². The molecule has 0 saturated carbocycles. The Kier molecular flexibility index (Phi) is 5.50. The Balaban J connectivity index is 1.64. The number of hydrogen-bond donors (Lipinski definition) is 0. The number of para-hydroxylation sites is 2. The SMILES string of the molecule is CS(=O)(=O)c1ccc(C(Cc2ccccc2)C(=O)Cc2nc3ccccc3o2)cc1. The molecule has 0 aliphatic carbocycles. The van der Waals surface area contributed by atoms with Gasteiger partial charge in [0.25, 0.3) is 0 Å². The zero-order chi connectivity index (χ0) is 21.1. The lowest BCUT2D eigenvalue weighted by Gasteiger charge is -2.16. The van der Waals surface area contributed by atoms with Crippen LogP contribution in [0.15, 0.2) is 88.2 Å². The largest absolute Gasteiger partial charge is 0.440 e. The second-order valence-corrected chi connectivity index (χ2v) is 9.32. The summed E-state index contributed by atoms with van der Waals surface area (Å²) in [5.41, 5.74) is 3.17. The second-order valence-electron chi connectivity index (χ2n) is 7.30. The van der Waals surface area contributed by atoms with Crippen molar-refractivity contribution in [3.05, 3.63) is 95.9 Å². The van der Waals surface area contributed by atoms with Gasteiger partial charge in [-0.3, -0.25) is 4.79 Å². The quantitative estimate of drug-likeness (QED) is 0.445. The number of sulfone groups is 1. The third-order valence-electron chi connectivity index (χ3n) is 5.05. The maximum absolute atomic E-state index is 13.3. The predicted molar refractivity (Wildman–Crippen MR) is 115 cm³/mol. The third kappa shape index (κ3) is 4.49. The van der Waals surface area contributed by atoms with E-state index in [4.69, 9.17) is 4.42 Å². The molecule has 3 aromatic carbocycles. The van der Waals surface area contributed by atoms with Crippen LogP contribution in [0, 0.1) is 0 Å².